The van der Waals surface area contributed by atoms with Crippen molar-refractivity contribution in [2.45, 2.75) is 0 Å². The first kappa shape index (κ1) is 10.2. The van der Waals surface area contributed by atoms with Gasteiger partial charge in [-0.2, -0.15) is 0 Å². The Morgan fingerprint density at radius 2 is 1.00 bits per heavy atom. The molecule has 0 bridgehead atoms. The molecule has 3 N–H and O–H groups in total. The molecule has 0 heterocycles. The van der Waals surface area contributed by atoms with Crippen molar-refractivity contribution in [2.24, 2.45) is 0 Å². The molecule has 0 radical (unpaired) electrons. The zero-order chi connectivity index (χ0) is 3.58. The second-order valence-corrected chi connectivity index (χ2v) is 8.62. The second-order valence-electron chi connectivity index (χ2n) is 0.192. The average Bonchev–Trinajstić information content (AvgIpc) is 0.811. The Bertz CT molecular complexity index is 9.61. The van der Waals surface area contributed by atoms with E-state index in [2.05, 4.69) is 68.6 Å². The molecule has 0 spiro atoms. The molecule has 0 aromatic heterocycles. The van der Waals surface area contributed by atoms with Gasteiger partial charge in [-0.25, -0.2) is 0 Å². The van der Waals surface area contributed by atoms with E-state index in [0.717, 1.165) is 0 Å². The maximum atomic E-state index is 2.15. The fraction of sp³-hybridized carbons (Fsp3) is 0. The van der Waals surface area contributed by atoms with E-state index in [4.69, 9.17) is 0 Å². The third-order valence-corrected chi connectivity index (χ3v) is 0. The van der Waals surface area contributed by atoms with Crippen molar-refractivity contribution in [1.82, 2.24) is 5.69 Å². The standard InChI is InChI=1S/I3N.H3N/c1-4(2)3;/h;1H3. The van der Waals surface area contributed by atoms with E-state index in [0.29, 0.717) is 0 Å². The lowest BCUT2D eigenvalue weighted by Gasteiger charge is -1.78. The number of hydrogen-bond donors (Lipinski definition) is 1. The number of rotatable bonds is 0. The second kappa shape index (κ2) is 6.11. The van der Waals surface area contributed by atoms with Gasteiger partial charge >= 0.3 is 0 Å². The quantitative estimate of drug-likeness (QED) is 0.491. The zero-order valence-electron chi connectivity index (χ0n) is 2.29. The third kappa shape index (κ3) is 23.2. The highest BCUT2D eigenvalue weighted by molar-refractivity contribution is 14.3. The number of hydrogen-bond acceptors (Lipinski definition) is 2. The fourth-order valence-electron chi connectivity index (χ4n) is 0. The number of halogens is 3. The first-order valence-corrected chi connectivity index (χ1v) is 3.40. The van der Waals surface area contributed by atoms with Gasteiger partial charge in [0.25, 0.3) is 0 Å². The van der Waals surface area contributed by atoms with E-state index >= 15 is 0 Å². The van der Waals surface area contributed by atoms with Gasteiger partial charge < -0.3 is 6.15 Å². The van der Waals surface area contributed by atoms with E-state index in [-0.39, 0.29) is 6.15 Å². The van der Waals surface area contributed by atoms with Crippen LogP contribution >= 0.6 is 68.6 Å². The molecule has 5 heteroatoms. The van der Waals surface area contributed by atoms with Gasteiger partial charge in [0.1, 0.15) is 0 Å². The third-order valence-electron chi connectivity index (χ3n) is 0. The summed E-state index contributed by atoms with van der Waals surface area (Å²) in [5.74, 6) is 0. The lowest BCUT2D eigenvalue weighted by molar-refractivity contribution is 1.60. The summed E-state index contributed by atoms with van der Waals surface area (Å²) in [6, 6.07) is 0. The normalized spacial score (nSPS) is 7.20. The Morgan fingerprint density at radius 1 is 1.00 bits per heavy atom. The van der Waals surface area contributed by atoms with Crippen LogP contribution in [0.1, 0.15) is 0 Å². The van der Waals surface area contributed by atoms with Crippen molar-refractivity contribution in [3.05, 3.63) is 0 Å². The summed E-state index contributed by atoms with van der Waals surface area (Å²) in [4.78, 5) is 0. The molecule has 0 saturated carbocycles. The van der Waals surface area contributed by atoms with Crippen LogP contribution in [-0.4, -0.2) is -0.460 Å². The topological polar surface area (TPSA) is 38.2 Å². The van der Waals surface area contributed by atoms with Gasteiger partial charge in [0.15, 0.2) is 0 Å². The lowest BCUT2D eigenvalue weighted by atomic mass is 14.0. The largest absolute Gasteiger partial charge is 0.344 e. The molecule has 0 unspecified atom stereocenters. The van der Waals surface area contributed by atoms with Gasteiger partial charge in [-0.15, -0.1) is -0.460 Å². The molecule has 0 aromatic carbocycles. The van der Waals surface area contributed by atoms with Crippen LogP contribution in [0.4, 0.5) is 0 Å². The summed E-state index contributed by atoms with van der Waals surface area (Å²) in [6.45, 7) is 0. The summed E-state index contributed by atoms with van der Waals surface area (Å²) >= 11 is 6.45. The summed E-state index contributed by atoms with van der Waals surface area (Å²) in [5, 5.41) is 0. The Kier molecular flexibility index (Phi) is 12.4. The van der Waals surface area contributed by atoms with E-state index in [1.54, 1.807) is 0 Å². The first-order valence-electron chi connectivity index (χ1n) is 0.507. The van der Waals surface area contributed by atoms with E-state index < -0.39 is 0 Å². The van der Waals surface area contributed by atoms with Crippen LogP contribution in [0.15, 0.2) is 0 Å². The minimum Gasteiger partial charge on any atom is -0.344 e. The van der Waals surface area contributed by atoms with Crippen LogP contribution < -0.4 is 6.15 Å². The summed E-state index contributed by atoms with van der Waals surface area (Å²) in [7, 11) is 0. The molecule has 34 valence electrons. The zero-order valence-corrected chi connectivity index (χ0v) is 8.76. The predicted octanol–water partition coefficient (Wildman–Crippen LogP) is 2.50. The van der Waals surface area contributed by atoms with E-state index in [1.165, 1.54) is 0 Å². The molecule has 0 fully saturated rings. The molecular weight excluding hydrogens is 409 g/mol. The predicted molar refractivity (Wildman–Crippen MR) is 48.9 cm³/mol. The number of nitrogens with zero attached hydrogens (tertiary/aromatic N) is 1. The highest BCUT2D eigenvalue weighted by Crippen LogP contribution is 2.12. The van der Waals surface area contributed by atoms with Crippen LogP contribution in [-0.2, 0) is 0 Å². The van der Waals surface area contributed by atoms with Crippen LogP contribution in [0.5, 0.6) is 0 Å². The van der Waals surface area contributed by atoms with Crippen LogP contribution in [0, 0.1) is 0 Å². The van der Waals surface area contributed by atoms with Crippen LogP contribution in [0.2, 0.25) is 0 Å². The minimum atomic E-state index is 0. The van der Waals surface area contributed by atoms with Crippen molar-refractivity contribution in [2.75, 3.05) is 0 Å². The molecule has 0 amide bonds. The Morgan fingerprint density at radius 3 is 1.00 bits per heavy atom. The molecule has 0 saturated heterocycles. The minimum absolute atomic E-state index is 0. The van der Waals surface area contributed by atoms with Gasteiger partial charge in [-0.05, 0) is 0 Å². The molecule has 0 rings (SSSR count). The molecule has 0 aromatic rings. The van der Waals surface area contributed by atoms with Crippen molar-refractivity contribution in [3.8, 4) is 0 Å². The van der Waals surface area contributed by atoms with Gasteiger partial charge in [0.05, 0.1) is 0 Å². The SMILES string of the molecule is IN(I)I.N. The Balaban J connectivity index is 0. The molecular formula is H3I3N2. The van der Waals surface area contributed by atoms with E-state index in [9.17, 15) is 0 Å². The lowest BCUT2D eigenvalue weighted by Crippen LogP contribution is -1.55. The van der Waals surface area contributed by atoms with Crippen molar-refractivity contribution >= 4 is 68.6 Å². The van der Waals surface area contributed by atoms with Crippen molar-refractivity contribution in [1.29, 1.82) is 0 Å². The molecule has 0 aliphatic rings. The Hall–Kier alpha value is 2.11. The van der Waals surface area contributed by atoms with Gasteiger partial charge in [-0.3, -0.25) is 0 Å². The van der Waals surface area contributed by atoms with Gasteiger partial charge in [0, 0.05) is 68.6 Å². The van der Waals surface area contributed by atoms with Crippen molar-refractivity contribution < 1.29 is 0 Å². The van der Waals surface area contributed by atoms with E-state index in [1.807, 2.05) is -0.460 Å². The summed E-state index contributed by atoms with van der Waals surface area (Å²) in [6.07, 6.45) is 0. The monoisotopic (exact) mass is 412 g/mol. The summed E-state index contributed by atoms with van der Waals surface area (Å²) < 4.78 is 1.91. The maximum Gasteiger partial charge on any atom is 0.0420 e. The average molecular weight is 412 g/mol. The fourth-order valence-corrected chi connectivity index (χ4v) is 0. The Labute approximate surface area is 73.1 Å². The first-order chi connectivity index (χ1) is 1.73. The molecule has 2 nitrogen and oxygen atoms in total. The smallest absolute Gasteiger partial charge is 0.0420 e. The molecule has 0 aliphatic heterocycles. The van der Waals surface area contributed by atoms with Crippen LogP contribution in [0.3, 0.4) is 0 Å². The van der Waals surface area contributed by atoms with Crippen molar-refractivity contribution in [3.63, 3.8) is 0 Å². The highest BCUT2D eigenvalue weighted by Gasteiger charge is 1.69. The summed E-state index contributed by atoms with van der Waals surface area (Å²) in [5.41, 5.74) is 0. The van der Waals surface area contributed by atoms with Crippen LogP contribution in [0.25, 0.3) is 0 Å². The van der Waals surface area contributed by atoms with Gasteiger partial charge in [-0.1, -0.05) is 0 Å². The highest BCUT2D eigenvalue weighted by atomic mass is 127. The molecule has 5 heavy (non-hydrogen) atoms. The molecule has 0 aliphatic carbocycles. The maximum absolute atomic E-state index is 2.15. The molecule has 0 atom stereocenters. The van der Waals surface area contributed by atoms with Gasteiger partial charge in [0.2, 0.25) is 0 Å².